The van der Waals surface area contributed by atoms with E-state index in [2.05, 4.69) is 10.1 Å². The van der Waals surface area contributed by atoms with Gasteiger partial charge in [-0.1, -0.05) is 38.4 Å². The minimum Gasteiger partial charge on any atom is -0.456 e. The number of rotatable bonds is 3. The fourth-order valence-electron chi connectivity index (χ4n) is 1.74. The minimum atomic E-state index is -0.407. The molecule has 0 radical (unpaired) electrons. The molecule has 0 N–H and O–H groups in total. The van der Waals surface area contributed by atoms with Crippen LogP contribution < -0.4 is 0 Å². The second kappa shape index (κ2) is 5.85. The molecule has 0 aromatic carbocycles. The normalized spacial score (nSPS) is 11.5. The zero-order chi connectivity index (χ0) is 15.6. The van der Waals surface area contributed by atoms with Crippen molar-refractivity contribution in [1.29, 1.82) is 0 Å². The molecule has 6 heteroatoms. The lowest BCUT2D eigenvalue weighted by Gasteiger charge is -2.13. The van der Waals surface area contributed by atoms with Crippen LogP contribution in [-0.4, -0.2) is 20.7 Å². The summed E-state index contributed by atoms with van der Waals surface area (Å²) in [5, 5.41) is 4.76. The van der Waals surface area contributed by atoms with Crippen molar-refractivity contribution in [2.45, 2.75) is 32.8 Å². The van der Waals surface area contributed by atoms with Gasteiger partial charge in [-0.05, 0) is 12.1 Å². The summed E-state index contributed by atoms with van der Waals surface area (Å²) in [6, 6.07) is 5.20. The van der Waals surface area contributed by atoms with E-state index in [-0.39, 0.29) is 12.0 Å². The molecule has 0 aliphatic carbocycles. The number of halogens is 1. The molecule has 0 aliphatic rings. The highest BCUT2D eigenvalue weighted by molar-refractivity contribution is 6.29. The van der Waals surface area contributed by atoms with Gasteiger partial charge in [0.25, 0.3) is 0 Å². The highest BCUT2D eigenvalue weighted by atomic mass is 35.5. The Kier molecular flexibility index (Phi) is 4.32. The molecular formula is C15H18ClN3O2. The molecule has 0 saturated carbocycles. The molecule has 112 valence electrons. The van der Waals surface area contributed by atoms with Crippen LogP contribution in [-0.2, 0) is 23.8 Å². The van der Waals surface area contributed by atoms with E-state index in [0.717, 1.165) is 11.3 Å². The molecular weight excluding hydrogens is 290 g/mol. The van der Waals surface area contributed by atoms with Gasteiger partial charge in [-0.3, -0.25) is 4.68 Å². The van der Waals surface area contributed by atoms with Crippen molar-refractivity contribution < 1.29 is 9.53 Å². The van der Waals surface area contributed by atoms with Gasteiger partial charge in [0.2, 0.25) is 0 Å². The summed E-state index contributed by atoms with van der Waals surface area (Å²) in [5.41, 5.74) is 1.95. The highest BCUT2D eigenvalue weighted by Gasteiger charge is 2.22. The first-order valence-corrected chi connectivity index (χ1v) is 6.97. The molecule has 0 bridgehead atoms. The van der Waals surface area contributed by atoms with Crippen molar-refractivity contribution >= 4 is 17.6 Å². The van der Waals surface area contributed by atoms with Crippen molar-refractivity contribution in [2.75, 3.05) is 0 Å². The van der Waals surface area contributed by atoms with Crippen LogP contribution in [0.25, 0.3) is 0 Å². The topological polar surface area (TPSA) is 57.0 Å². The number of aryl methyl sites for hydroxylation is 1. The second-order valence-electron chi connectivity index (χ2n) is 5.85. The molecule has 2 heterocycles. The van der Waals surface area contributed by atoms with Crippen LogP contribution in [0, 0.1) is 0 Å². The van der Waals surface area contributed by atoms with E-state index in [9.17, 15) is 4.79 Å². The molecule has 5 nitrogen and oxygen atoms in total. The van der Waals surface area contributed by atoms with Crippen LogP contribution in [0.5, 0.6) is 0 Å². The Balaban J connectivity index is 2.07. The highest BCUT2D eigenvalue weighted by Crippen LogP contribution is 2.21. The lowest BCUT2D eigenvalue weighted by atomic mass is 9.92. The Labute approximate surface area is 128 Å². The van der Waals surface area contributed by atoms with Gasteiger partial charge in [0.05, 0.1) is 5.69 Å². The van der Waals surface area contributed by atoms with Crippen molar-refractivity contribution in [3.05, 3.63) is 46.5 Å². The molecule has 0 aliphatic heterocycles. The number of carbonyl (C=O) groups is 1. The van der Waals surface area contributed by atoms with E-state index < -0.39 is 5.97 Å². The predicted molar refractivity (Wildman–Crippen MR) is 80.3 cm³/mol. The summed E-state index contributed by atoms with van der Waals surface area (Å²) < 4.78 is 6.82. The lowest BCUT2D eigenvalue weighted by molar-refractivity contribution is 0.0459. The van der Waals surface area contributed by atoms with Gasteiger partial charge in [-0.25, -0.2) is 9.78 Å². The van der Waals surface area contributed by atoms with Gasteiger partial charge in [0.15, 0.2) is 0 Å². The standard InChI is InChI=1S/C15H18ClN3O2/c1-15(2,3)12-7-11(19(4)18-12)14(20)21-9-10-5-6-13(16)17-8-10/h5-8H,9H2,1-4H3. The summed E-state index contributed by atoms with van der Waals surface area (Å²) in [6.07, 6.45) is 1.58. The molecule has 0 fully saturated rings. The number of aromatic nitrogens is 3. The number of ether oxygens (including phenoxy) is 1. The van der Waals surface area contributed by atoms with Crippen LogP contribution in [0.15, 0.2) is 24.4 Å². The summed E-state index contributed by atoms with van der Waals surface area (Å²) >= 11 is 5.71. The maximum Gasteiger partial charge on any atom is 0.356 e. The Hall–Kier alpha value is -1.88. The maximum absolute atomic E-state index is 12.1. The molecule has 0 unspecified atom stereocenters. The van der Waals surface area contributed by atoms with E-state index in [1.807, 2.05) is 20.8 Å². The molecule has 21 heavy (non-hydrogen) atoms. The van der Waals surface area contributed by atoms with Crippen molar-refractivity contribution in [1.82, 2.24) is 14.8 Å². The first kappa shape index (κ1) is 15.5. The zero-order valence-corrected chi connectivity index (χ0v) is 13.3. The van der Waals surface area contributed by atoms with Crippen LogP contribution in [0.2, 0.25) is 5.15 Å². The van der Waals surface area contributed by atoms with Gasteiger partial charge in [0, 0.05) is 24.2 Å². The van der Waals surface area contributed by atoms with E-state index in [1.165, 1.54) is 0 Å². The molecule has 0 spiro atoms. The van der Waals surface area contributed by atoms with Crippen LogP contribution in [0.1, 0.15) is 42.5 Å². The third-order valence-electron chi connectivity index (χ3n) is 3.02. The summed E-state index contributed by atoms with van der Waals surface area (Å²) in [6.45, 7) is 6.29. The van der Waals surface area contributed by atoms with Crippen LogP contribution >= 0.6 is 11.6 Å². The van der Waals surface area contributed by atoms with E-state index in [0.29, 0.717) is 10.8 Å². The van der Waals surface area contributed by atoms with Gasteiger partial charge >= 0.3 is 5.97 Å². The predicted octanol–water partition coefficient (Wildman–Crippen LogP) is 3.12. The Bertz CT molecular complexity index is 642. The molecule has 2 aromatic rings. The number of nitrogens with zero attached hydrogens (tertiary/aromatic N) is 3. The largest absolute Gasteiger partial charge is 0.456 e. The Morgan fingerprint density at radius 3 is 2.62 bits per heavy atom. The van der Waals surface area contributed by atoms with Gasteiger partial charge in [-0.15, -0.1) is 0 Å². The van der Waals surface area contributed by atoms with Gasteiger partial charge < -0.3 is 4.74 Å². The number of hydrogen-bond acceptors (Lipinski definition) is 4. The molecule has 0 saturated heterocycles. The smallest absolute Gasteiger partial charge is 0.356 e. The molecule has 2 rings (SSSR count). The second-order valence-corrected chi connectivity index (χ2v) is 6.24. The quantitative estimate of drug-likeness (QED) is 0.646. The third-order valence-corrected chi connectivity index (χ3v) is 3.24. The van der Waals surface area contributed by atoms with E-state index >= 15 is 0 Å². The van der Waals surface area contributed by atoms with Crippen molar-refractivity contribution in [2.24, 2.45) is 7.05 Å². The Morgan fingerprint density at radius 2 is 2.10 bits per heavy atom. The zero-order valence-electron chi connectivity index (χ0n) is 12.6. The first-order valence-electron chi connectivity index (χ1n) is 6.59. The monoisotopic (exact) mass is 307 g/mol. The van der Waals surface area contributed by atoms with Crippen LogP contribution in [0.4, 0.5) is 0 Å². The van der Waals surface area contributed by atoms with Crippen LogP contribution in [0.3, 0.4) is 0 Å². The first-order chi connectivity index (χ1) is 9.77. The Morgan fingerprint density at radius 1 is 1.38 bits per heavy atom. The number of esters is 1. The van der Waals surface area contributed by atoms with E-state index in [1.54, 1.807) is 36.1 Å². The maximum atomic E-state index is 12.1. The average Bonchev–Trinajstić information content (AvgIpc) is 2.80. The van der Waals surface area contributed by atoms with Gasteiger partial charge in [-0.2, -0.15) is 5.10 Å². The van der Waals surface area contributed by atoms with Crippen molar-refractivity contribution in [3.8, 4) is 0 Å². The summed E-state index contributed by atoms with van der Waals surface area (Å²) in [4.78, 5) is 16.1. The molecule has 2 aromatic heterocycles. The van der Waals surface area contributed by atoms with E-state index in [4.69, 9.17) is 16.3 Å². The number of hydrogen-bond donors (Lipinski definition) is 0. The molecule has 0 amide bonds. The minimum absolute atomic E-state index is 0.115. The molecule has 0 atom stereocenters. The fraction of sp³-hybridized carbons (Fsp3) is 0.400. The van der Waals surface area contributed by atoms with Gasteiger partial charge in [0.1, 0.15) is 17.5 Å². The summed E-state index contributed by atoms with van der Waals surface area (Å²) in [5.74, 6) is -0.407. The number of carbonyl (C=O) groups excluding carboxylic acids is 1. The third kappa shape index (κ3) is 3.82. The SMILES string of the molecule is Cn1nc(C(C)(C)C)cc1C(=O)OCc1ccc(Cl)nc1. The average molecular weight is 308 g/mol. The fourth-order valence-corrected chi connectivity index (χ4v) is 1.85. The number of pyridine rings is 1. The lowest BCUT2D eigenvalue weighted by Crippen LogP contribution is -2.12. The summed E-state index contributed by atoms with van der Waals surface area (Å²) in [7, 11) is 1.73. The van der Waals surface area contributed by atoms with Crippen molar-refractivity contribution in [3.63, 3.8) is 0 Å².